The molecule has 1 atom stereocenters. The third kappa shape index (κ3) is 4.14. The van der Waals surface area contributed by atoms with Crippen molar-refractivity contribution in [3.05, 3.63) is 90.0 Å². The summed E-state index contributed by atoms with van der Waals surface area (Å²) in [7, 11) is 1.72. The van der Waals surface area contributed by atoms with Gasteiger partial charge in [0.25, 0.3) is 5.91 Å². The summed E-state index contributed by atoms with van der Waals surface area (Å²) in [4.78, 5) is 19.2. The van der Waals surface area contributed by atoms with Crippen LogP contribution >= 0.6 is 0 Å². The summed E-state index contributed by atoms with van der Waals surface area (Å²) in [6, 6.07) is 17.1. The van der Waals surface area contributed by atoms with E-state index >= 15 is 0 Å². The molecule has 0 spiro atoms. The minimum atomic E-state index is -4.53. The highest BCUT2D eigenvalue weighted by Crippen LogP contribution is 2.44. The molecule has 4 rings (SSSR count). The smallest absolute Gasteiger partial charge is 0.354 e. The molecule has 1 aromatic heterocycles. The first kappa shape index (κ1) is 22.1. The van der Waals surface area contributed by atoms with Crippen LogP contribution in [0.15, 0.2) is 73.1 Å². The lowest BCUT2D eigenvalue weighted by atomic mass is 9.78. The van der Waals surface area contributed by atoms with Crippen LogP contribution in [0.25, 0.3) is 0 Å². The maximum absolute atomic E-state index is 13.4. The van der Waals surface area contributed by atoms with Crippen LogP contribution in [0, 0.1) is 0 Å². The van der Waals surface area contributed by atoms with E-state index in [1.54, 1.807) is 83.4 Å². The van der Waals surface area contributed by atoms with Gasteiger partial charge >= 0.3 is 6.18 Å². The van der Waals surface area contributed by atoms with Crippen molar-refractivity contribution < 1.29 is 22.7 Å². The SMILES string of the molecule is Cn1ccnc1C(=O)N1CCC[C@@H]1C(OCC(F)(F)F)(c1ccccc1)c1ccccc1. The number of aromatic nitrogens is 2. The normalized spacial score (nSPS) is 17.0. The van der Waals surface area contributed by atoms with Crippen molar-refractivity contribution in [2.24, 2.45) is 7.05 Å². The molecular formula is C24H24F3N3O2. The number of hydrogen-bond donors (Lipinski definition) is 0. The summed E-state index contributed by atoms with van der Waals surface area (Å²) in [5.74, 6) is -0.0883. The van der Waals surface area contributed by atoms with E-state index < -0.39 is 24.4 Å². The molecule has 2 heterocycles. The van der Waals surface area contributed by atoms with Crippen LogP contribution in [-0.4, -0.2) is 45.7 Å². The number of ether oxygens (including phenoxy) is 1. The maximum atomic E-state index is 13.4. The number of nitrogens with zero attached hydrogens (tertiary/aromatic N) is 3. The minimum Gasteiger partial charge on any atom is -0.354 e. The topological polar surface area (TPSA) is 47.4 Å². The summed E-state index contributed by atoms with van der Waals surface area (Å²) in [5.41, 5.74) is -0.352. The molecule has 168 valence electrons. The Morgan fingerprint density at radius 2 is 1.66 bits per heavy atom. The molecule has 0 saturated carbocycles. The highest BCUT2D eigenvalue weighted by molar-refractivity contribution is 5.91. The molecule has 0 unspecified atom stereocenters. The number of hydrogen-bond acceptors (Lipinski definition) is 3. The van der Waals surface area contributed by atoms with Crippen molar-refractivity contribution in [3.63, 3.8) is 0 Å². The van der Waals surface area contributed by atoms with E-state index in [2.05, 4.69) is 4.98 Å². The number of benzene rings is 2. The number of amides is 1. The van der Waals surface area contributed by atoms with Crippen molar-refractivity contribution >= 4 is 5.91 Å². The fourth-order valence-corrected chi connectivity index (χ4v) is 4.51. The molecule has 1 amide bonds. The number of alkyl halides is 3. The van der Waals surface area contributed by atoms with Gasteiger partial charge in [0.05, 0.1) is 6.04 Å². The quantitative estimate of drug-likeness (QED) is 0.562. The Bertz CT molecular complexity index is 1010. The van der Waals surface area contributed by atoms with Gasteiger partial charge in [0.1, 0.15) is 12.2 Å². The number of halogens is 3. The molecule has 2 aromatic carbocycles. The molecule has 3 aromatic rings. The Labute approximate surface area is 184 Å². The fraction of sp³-hybridized carbons (Fsp3) is 0.333. The summed E-state index contributed by atoms with van der Waals surface area (Å²) < 4.78 is 47.7. The Balaban J connectivity index is 1.87. The average molecular weight is 443 g/mol. The highest BCUT2D eigenvalue weighted by Gasteiger charge is 2.51. The van der Waals surface area contributed by atoms with E-state index in [1.807, 2.05) is 0 Å². The molecule has 1 fully saturated rings. The molecule has 0 aliphatic carbocycles. The molecule has 0 radical (unpaired) electrons. The van der Waals surface area contributed by atoms with Gasteiger partial charge in [0, 0.05) is 26.0 Å². The van der Waals surface area contributed by atoms with E-state index in [0.717, 1.165) is 0 Å². The zero-order chi connectivity index (χ0) is 22.8. The van der Waals surface area contributed by atoms with Gasteiger partial charge < -0.3 is 14.2 Å². The summed E-state index contributed by atoms with van der Waals surface area (Å²) in [6.45, 7) is -1.02. The second-order valence-electron chi connectivity index (χ2n) is 7.89. The number of imidazole rings is 1. The lowest BCUT2D eigenvalue weighted by Crippen LogP contribution is -2.53. The first-order valence-corrected chi connectivity index (χ1v) is 10.4. The first-order chi connectivity index (χ1) is 15.3. The van der Waals surface area contributed by atoms with Crippen molar-refractivity contribution in [2.75, 3.05) is 13.2 Å². The highest BCUT2D eigenvalue weighted by atomic mass is 19.4. The average Bonchev–Trinajstić information content (AvgIpc) is 3.44. The number of carbonyl (C=O) groups excluding carboxylic acids is 1. The molecule has 0 bridgehead atoms. The van der Waals surface area contributed by atoms with Crippen molar-refractivity contribution in [1.29, 1.82) is 0 Å². The van der Waals surface area contributed by atoms with Crippen LogP contribution in [0.3, 0.4) is 0 Å². The molecule has 5 nitrogen and oxygen atoms in total. The molecule has 32 heavy (non-hydrogen) atoms. The van der Waals surface area contributed by atoms with Gasteiger partial charge in [0.15, 0.2) is 5.82 Å². The number of rotatable bonds is 6. The first-order valence-electron chi connectivity index (χ1n) is 10.4. The molecular weight excluding hydrogens is 419 g/mol. The van der Waals surface area contributed by atoms with Crippen LogP contribution in [0.5, 0.6) is 0 Å². The second-order valence-corrected chi connectivity index (χ2v) is 7.89. The van der Waals surface area contributed by atoms with E-state index in [4.69, 9.17) is 4.74 Å². The summed E-state index contributed by atoms with van der Waals surface area (Å²) >= 11 is 0. The Hall–Kier alpha value is -3.13. The zero-order valence-electron chi connectivity index (χ0n) is 17.6. The largest absolute Gasteiger partial charge is 0.411 e. The third-order valence-corrected chi connectivity index (χ3v) is 5.86. The van der Waals surface area contributed by atoms with E-state index in [-0.39, 0.29) is 11.7 Å². The third-order valence-electron chi connectivity index (χ3n) is 5.86. The van der Waals surface area contributed by atoms with Crippen LogP contribution in [0.2, 0.25) is 0 Å². The predicted octanol–water partition coefficient (Wildman–Crippen LogP) is 4.55. The van der Waals surface area contributed by atoms with Crippen LogP contribution < -0.4 is 0 Å². The van der Waals surface area contributed by atoms with Gasteiger partial charge in [-0.2, -0.15) is 13.2 Å². The van der Waals surface area contributed by atoms with Crippen LogP contribution in [0.4, 0.5) is 13.2 Å². The van der Waals surface area contributed by atoms with Gasteiger partial charge in [-0.15, -0.1) is 0 Å². The van der Waals surface area contributed by atoms with Gasteiger partial charge in [-0.3, -0.25) is 4.79 Å². The van der Waals surface area contributed by atoms with Gasteiger partial charge in [-0.1, -0.05) is 60.7 Å². The molecule has 1 aliphatic rings. The minimum absolute atomic E-state index is 0.239. The van der Waals surface area contributed by atoms with Crippen LogP contribution in [-0.2, 0) is 17.4 Å². The molecule has 1 saturated heterocycles. The van der Waals surface area contributed by atoms with Gasteiger partial charge in [0.2, 0.25) is 0 Å². The summed E-state index contributed by atoms with van der Waals surface area (Å²) in [5, 5.41) is 0. The molecule has 1 aliphatic heterocycles. The van der Waals surface area contributed by atoms with Gasteiger partial charge in [-0.05, 0) is 24.0 Å². The van der Waals surface area contributed by atoms with E-state index in [1.165, 1.54) is 6.20 Å². The van der Waals surface area contributed by atoms with Crippen molar-refractivity contribution in [2.45, 2.75) is 30.7 Å². The molecule has 8 heteroatoms. The lowest BCUT2D eigenvalue weighted by molar-refractivity contribution is -0.208. The van der Waals surface area contributed by atoms with E-state index in [0.29, 0.717) is 30.5 Å². The predicted molar refractivity (Wildman–Crippen MR) is 113 cm³/mol. The Morgan fingerprint density at radius 3 is 2.16 bits per heavy atom. The number of carbonyl (C=O) groups is 1. The van der Waals surface area contributed by atoms with E-state index in [9.17, 15) is 18.0 Å². The standard InChI is InChI=1S/C24H24F3N3O2/c1-29-16-14-28-21(29)22(31)30-15-8-13-20(30)24(32-17-23(25,26)27,18-9-4-2-5-10-18)19-11-6-3-7-12-19/h2-7,9-12,14,16,20H,8,13,15,17H2,1H3/t20-/m1/s1. The number of aryl methyl sites for hydroxylation is 1. The summed E-state index contributed by atoms with van der Waals surface area (Å²) in [6.07, 6.45) is -0.183. The van der Waals surface area contributed by atoms with Gasteiger partial charge in [-0.25, -0.2) is 4.98 Å². The molecule has 0 N–H and O–H groups in total. The fourth-order valence-electron chi connectivity index (χ4n) is 4.51. The maximum Gasteiger partial charge on any atom is 0.411 e. The second kappa shape index (κ2) is 8.78. The lowest BCUT2D eigenvalue weighted by Gasteiger charge is -2.44. The Morgan fingerprint density at radius 1 is 1.06 bits per heavy atom. The van der Waals surface area contributed by atoms with Crippen LogP contribution in [0.1, 0.15) is 34.6 Å². The van der Waals surface area contributed by atoms with Crippen molar-refractivity contribution in [3.8, 4) is 0 Å². The monoisotopic (exact) mass is 443 g/mol. The Kier molecular flexibility index (Phi) is 6.06. The number of likely N-dealkylation sites (tertiary alicyclic amines) is 1. The van der Waals surface area contributed by atoms with Crippen molar-refractivity contribution in [1.82, 2.24) is 14.5 Å². The zero-order valence-corrected chi connectivity index (χ0v) is 17.6.